The Hall–Kier alpha value is -1.03. The number of rotatable bonds is 0. The van der Waals surface area contributed by atoms with Crippen molar-refractivity contribution in [1.29, 1.82) is 0 Å². The summed E-state index contributed by atoms with van der Waals surface area (Å²) in [4.78, 5) is 0.734. The summed E-state index contributed by atoms with van der Waals surface area (Å²) in [5.74, 6) is -0.407. The molecule has 56 valence electrons. The van der Waals surface area contributed by atoms with Gasteiger partial charge >= 0.3 is 0 Å². The van der Waals surface area contributed by atoms with Gasteiger partial charge in [-0.1, -0.05) is 0 Å². The van der Waals surface area contributed by atoms with Gasteiger partial charge in [0.15, 0.2) is 0 Å². The zero-order valence-electron chi connectivity index (χ0n) is 5.50. The van der Waals surface area contributed by atoms with Crippen molar-refractivity contribution < 1.29 is 4.39 Å². The Balaban J connectivity index is 2.87. The third-order valence-electron chi connectivity index (χ3n) is 1.49. The fourth-order valence-electron chi connectivity index (χ4n) is 0.967. The van der Waals surface area contributed by atoms with Gasteiger partial charge in [-0.25, -0.2) is 0 Å². The first-order valence-electron chi connectivity index (χ1n) is 3.10. The van der Waals surface area contributed by atoms with Crippen LogP contribution in [0, 0.1) is 5.95 Å². The van der Waals surface area contributed by atoms with Crippen LogP contribution in [0.25, 0.3) is 10.9 Å². The van der Waals surface area contributed by atoms with Crippen LogP contribution in [0.4, 0.5) is 4.39 Å². The fraction of sp³-hybridized carbons (Fsp3) is 0. The number of aromatic amines is 1. The van der Waals surface area contributed by atoms with Crippen LogP contribution in [0.1, 0.15) is 0 Å². The zero-order chi connectivity index (χ0) is 7.84. The van der Waals surface area contributed by atoms with E-state index >= 15 is 0 Å². The SMILES string of the molecule is Fc1[nH]nc2ccc(S)cc12. The standard InChI is InChI=1S/C7H5FN2S/c8-7-5-3-4(11)1-2-6(5)9-10-7/h1-3,11H,(H,9,10). The van der Waals surface area contributed by atoms with Gasteiger partial charge in [0, 0.05) is 4.90 Å². The molecule has 0 fully saturated rings. The van der Waals surface area contributed by atoms with Gasteiger partial charge in [-0.2, -0.15) is 9.49 Å². The van der Waals surface area contributed by atoms with Crippen molar-refractivity contribution in [3.05, 3.63) is 24.1 Å². The maximum Gasteiger partial charge on any atom is 0.216 e. The number of hydrogen-bond acceptors (Lipinski definition) is 2. The molecular formula is C7H5FN2S. The summed E-state index contributed by atoms with van der Waals surface area (Å²) in [5.41, 5.74) is 0.625. The Morgan fingerprint density at radius 3 is 3.09 bits per heavy atom. The van der Waals surface area contributed by atoms with E-state index in [0.717, 1.165) is 4.90 Å². The second-order valence-electron chi connectivity index (χ2n) is 2.24. The molecule has 0 radical (unpaired) electrons. The molecule has 0 amide bonds. The lowest BCUT2D eigenvalue weighted by atomic mass is 10.2. The van der Waals surface area contributed by atoms with E-state index in [-0.39, 0.29) is 0 Å². The van der Waals surface area contributed by atoms with Crippen LogP contribution in [-0.2, 0) is 0 Å². The summed E-state index contributed by atoms with van der Waals surface area (Å²) < 4.78 is 12.8. The molecule has 0 saturated carbocycles. The molecule has 0 aliphatic carbocycles. The molecule has 1 aromatic heterocycles. The molecule has 4 heteroatoms. The molecule has 2 aromatic rings. The number of halogens is 1. The summed E-state index contributed by atoms with van der Waals surface area (Å²) in [6.07, 6.45) is 0. The van der Waals surface area contributed by atoms with Crippen LogP contribution in [0.15, 0.2) is 23.1 Å². The number of H-pyrrole nitrogens is 1. The van der Waals surface area contributed by atoms with Crippen LogP contribution >= 0.6 is 12.6 Å². The van der Waals surface area contributed by atoms with Crippen LogP contribution in [0.3, 0.4) is 0 Å². The van der Waals surface area contributed by atoms with E-state index in [2.05, 4.69) is 22.8 Å². The van der Waals surface area contributed by atoms with Crippen LogP contribution in [0.5, 0.6) is 0 Å². The highest BCUT2D eigenvalue weighted by Crippen LogP contribution is 2.17. The number of thiol groups is 1. The predicted octanol–water partition coefficient (Wildman–Crippen LogP) is 1.99. The van der Waals surface area contributed by atoms with E-state index in [1.165, 1.54) is 0 Å². The first-order chi connectivity index (χ1) is 5.27. The van der Waals surface area contributed by atoms with Crippen molar-refractivity contribution >= 4 is 23.5 Å². The van der Waals surface area contributed by atoms with Crippen LogP contribution < -0.4 is 0 Å². The molecule has 0 saturated heterocycles. The highest BCUT2D eigenvalue weighted by molar-refractivity contribution is 7.80. The smallest absolute Gasteiger partial charge is 0.216 e. The lowest BCUT2D eigenvalue weighted by Gasteiger charge is -1.88. The lowest BCUT2D eigenvalue weighted by molar-refractivity contribution is 0.588. The topological polar surface area (TPSA) is 28.7 Å². The maximum absolute atomic E-state index is 12.8. The monoisotopic (exact) mass is 168 g/mol. The molecule has 0 bridgehead atoms. The summed E-state index contributed by atoms with van der Waals surface area (Å²) in [7, 11) is 0. The van der Waals surface area contributed by atoms with Crippen LogP contribution in [0.2, 0.25) is 0 Å². The Bertz CT molecular complexity index is 396. The Labute approximate surface area is 67.8 Å². The van der Waals surface area contributed by atoms with Gasteiger partial charge < -0.3 is 0 Å². The molecule has 1 aromatic carbocycles. The van der Waals surface area contributed by atoms with Crippen molar-refractivity contribution in [2.24, 2.45) is 0 Å². The number of benzene rings is 1. The molecule has 1 heterocycles. The number of hydrogen-bond donors (Lipinski definition) is 2. The first kappa shape index (κ1) is 6.67. The van der Waals surface area contributed by atoms with Crippen molar-refractivity contribution in [3.63, 3.8) is 0 Å². The van der Waals surface area contributed by atoms with E-state index in [1.54, 1.807) is 18.2 Å². The van der Waals surface area contributed by atoms with E-state index in [4.69, 9.17) is 0 Å². The van der Waals surface area contributed by atoms with Gasteiger partial charge in [-0.15, -0.1) is 12.6 Å². The summed E-state index contributed by atoms with van der Waals surface area (Å²) in [5, 5.41) is 6.46. The van der Waals surface area contributed by atoms with Gasteiger partial charge in [0.25, 0.3) is 0 Å². The average Bonchev–Trinajstić information content (AvgIpc) is 2.33. The average molecular weight is 168 g/mol. The molecule has 2 rings (SSSR count). The van der Waals surface area contributed by atoms with Crippen LogP contribution in [-0.4, -0.2) is 10.2 Å². The van der Waals surface area contributed by atoms with E-state index < -0.39 is 5.95 Å². The largest absolute Gasteiger partial charge is 0.252 e. The molecular weight excluding hydrogens is 163 g/mol. The van der Waals surface area contributed by atoms with Crippen molar-refractivity contribution in [2.45, 2.75) is 4.90 Å². The summed E-state index contributed by atoms with van der Waals surface area (Å²) >= 11 is 4.07. The number of fused-ring (bicyclic) bond motifs is 1. The molecule has 0 spiro atoms. The minimum absolute atomic E-state index is 0.407. The number of nitrogens with zero attached hydrogens (tertiary/aromatic N) is 1. The van der Waals surface area contributed by atoms with Gasteiger partial charge in [-0.3, -0.25) is 5.10 Å². The molecule has 0 aliphatic rings. The lowest BCUT2D eigenvalue weighted by Crippen LogP contribution is -1.70. The van der Waals surface area contributed by atoms with E-state index in [9.17, 15) is 4.39 Å². The minimum Gasteiger partial charge on any atom is -0.252 e. The van der Waals surface area contributed by atoms with Crippen molar-refractivity contribution in [1.82, 2.24) is 10.2 Å². The highest BCUT2D eigenvalue weighted by atomic mass is 32.1. The predicted molar refractivity (Wildman–Crippen MR) is 43.3 cm³/mol. The quantitative estimate of drug-likeness (QED) is 0.578. The van der Waals surface area contributed by atoms with Gasteiger partial charge in [0.1, 0.15) is 0 Å². The normalized spacial score (nSPS) is 10.7. The first-order valence-corrected chi connectivity index (χ1v) is 3.55. The Morgan fingerprint density at radius 2 is 2.27 bits per heavy atom. The molecule has 2 nitrogen and oxygen atoms in total. The molecule has 11 heavy (non-hydrogen) atoms. The van der Waals surface area contributed by atoms with Crippen molar-refractivity contribution in [3.8, 4) is 0 Å². The molecule has 0 unspecified atom stereocenters. The molecule has 0 atom stereocenters. The second-order valence-corrected chi connectivity index (χ2v) is 2.76. The second kappa shape index (κ2) is 2.23. The summed E-state index contributed by atoms with van der Waals surface area (Å²) in [6.45, 7) is 0. The molecule has 0 aliphatic heterocycles. The van der Waals surface area contributed by atoms with E-state index in [1.807, 2.05) is 0 Å². The van der Waals surface area contributed by atoms with Crippen molar-refractivity contribution in [2.75, 3.05) is 0 Å². The van der Waals surface area contributed by atoms with E-state index in [0.29, 0.717) is 10.9 Å². The number of nitrogens with one attached hydrogen (secondary N) is 1. The highest BCUT2D eigenvalue weighted by Gasteiger charge is 2.02. The number of aromatic nitrogens is 2. The molecule has 1 N–H and O–H groups in total. The zero-order valence-corrected chi connectivity index (χ0v) is 6.40. The van der Waals surface area contributed by atoms with Gasteiger partial charge in [0.2, 0.25) is 5.95 Å². The third kappa shape index (κ3) is 0.991. The van der Waals surface area contributed by atoms with Gasteiger partial charge in [0.05, 0.1) is 10.9 Å². The minimum atomic E-state index is -0.407. The summed E-state index contributed by atoms with van der Waals surface area (Å²) in [6, 6.07) is 5.13. The Kier molecular flexibility index (Phi) is 1.35. The maximum atomic E-state index is 12.8. The van der Waals surface area contributed by atoms with Gasteiger partial charge in [-0.05, 0) is 18.2 Å². The fourth-order valence-corrected chi connectivity index (χ4v) is 1.17. The Morgan fingerprint density at radius 1 is 1.45 bits per heavy atom. The third-order valence-corrected chi connectivity index (χ3v) is 1.77.